The molecule has 0 radical (unpaired) electrons. The Morgan fingerprint density at radius 3 is 2.62 bits per heavy atom. The second-order valence-corrected chi connectivity index (χ2v) is 13.8. The number of nitrogens with zero attached hydrogens (tertiary/aromatic N) is 2. The van der Waals surface area contributed by atoms with Gasteiger partial charge in [-0.2, -0.15) is 0 Å². The number of nitrogens with one attached hydrogen (secondary N) is 1. The lowest BCUT2D eigenvalue weighted by Crippen LogP contribution is -2.65. The first kappa shape index (κ1) is 26.8. The van der Waals surface area contributed by atoms with E-state index < -0.39 is 12.7 Å². The second kappa shape index (κ2) is 9.30. The normalized spacial score (nSPS) is 33.5. The van der Waals surface area contributed by atoms with Gasteiger partial charge in [0.05, 0.1) is 23.3 Å². The van der Waals surface area contributed by atoms with Crippen molar-refractivity contribution in [3.8, 4) is 0 Å². The van der Waals surface area contributed by atoms with E-state index in [-0.39, 0.29) is 34.9 Å². The van der Waals surface area contributed by atoms with Crippen LogP contribution >= 0.6 is 0 Å². The molecular weight excluding hydrogens is 489 g/mol. The molecule has 2 bridgehead atoms. The van der Waals surface area contributed by atoms with E-state index in [9.17, 15) is 4.79 Å². The van der Waals surface area contributed by atoms with E-state index in [0.29, 0.717) is 29.9 Å². The minimum Gasteiger partial charge on any atom is -0.404 e. The largest absolute Gasteiger partial charge is 0.481 e. The lowest BCUT2D eigenvalue weighted by molar-refractivity contribution is -0.199. The Hall–Kier alpha value is -2.45. The summed E-state index contributed by atoms with van der Waals surface area (Å²) in [6, 6.07) is 10.1. The summed E-state index contributed by atoms with van der Waals surface area (Å²) in [7, 11) is -0.479. The van der Waals surface area contributed by atoms with Crippen LogP contribution in [0.25, 0.3) is 10.8 Å². The maximum atomic E-state index is 14.1. The zero-order valence-electron chi connectivity index (χ0n) is 24.4. The molecule has 3 saturated carbocycles. The van der Waals surface area contributed by atoms with Gasteiger partial charge in [-0.05, 0) is 60.8 Å². The lowest BCUT2D eigenvalue weighted by atomic mass is 9.43. The van der Waals surface area contributed by atoms with Crippen molar-refractivity contribution in [1.29, 1.82) is 0 Å². The molecular formula is C31H42BN3O4. The first-order valence-corrected chi connectivity index (χ1v) is 14.7. The molecule has 7 rings (SSSR count). The van der Waals surface area contributed by atoms with Crippen LogP contribution in [0.4, 0.5) is 0 Å². The van der Waals surface area contributed by atoms with E-state index in [1.54, 1.807) is 6.20 Å². The first-order chi connectivity index (χ1) is 18.5. The maximum Gasteiger partial charge on any atom is 0.481 e. The quantitative estimate of drug-likeness (QED) is 0.474. The van der Waals surface area contributed by atoms with E-state index in [1.807, 2.05) is 38.1 Å². The van der Waals surface area contributed by atoms with Crippen LogP contribution in [0, 0.1) is 29.1 Å². The zero-order valence-corrected chi connectivity index (χ0v) is 24.4. The summed E-state index contributed by atoms with van der Waals surface area (Å²) < 4.78 is 13.4. The molecule has 1 saturated heterocycles. The average Bonchev–Trinajstić information content (AvgIpc) is 3.50. The molecule has 4 fully saturated rings. The predicted molar refractivity (Wildman–Crippen MR) is 153 cm³/mol. The van der Waals surface area contributed by atoms with Crippen molar-refractivity contribution in [1.82, 2.24) is 10.3 Å². The highest BCUT2D eigenvalue weighted by Crippen LogP contribution is 2.65. The van der Waals surface area contributed by atoms with Gasteiger partial charge in [0.25, 0.3) is 5.91 Å². The molecule has 1 aromatic heterocycles. The molecule has 208 valence electrons. The highest BCUT2D eigenvalue weighted by Gasteiger charge is 2.68. The number of hydrogen-bond donors (Lipinski definition) is 1. The fraction of sp³-hybridized carbons (Fsp3) is 0.645. The Bertz CT molecular complexity index is 1310. The van der Waals surface area contributed by atoms with E-state index in [0.717, 1.165) is 29.3 Å². The van der Waals surface area contributed by atoms with Crippen LogP contribution in [-0.4, -0.2) is 47.0 Å². The molecule has 0 spiro atoms. The first-order valence-electron chi connectivity index (χ1n) is 14.7. The van der Waals surface area contributed by atoms with E-state index >= 15 is 0 Å². The third-order valence-electron chi connectivity index (χ3n) is 10.4. The van der Waals surface area contributed by atoms with Crippen molar-refractivity contribution in [2.45, 2.75) is 97.4 Å². The summed E-state index contributed by atoms with van der Waals surface area (Å²) in [6.07, 6.45) is 5.19. The van der Waals surface area contributed by atoms with Crippen molar-refractivity contribution in [3.63, 3.8) is 0 Å². The maximum absolute atomic E-state index is 14.1. The number of amides is 1. The van der Waals surface area contributed by atoms with Gasteiger partial charge in [-0.3, -0.25) is 9.78 Å². The van der Waals surface area contributed by atoms with Crippen molar-refractivity contribution in [2.75, 3.05) is 0 Å². The third-order valence-corrected chi connectivity index (χ3v) is 10.4. The molecule has 7 nitrogen and oxygen atoms in total. The Morgan fingerprint density at radius 1 is 1.13 bits per heavy atom. The number of rotatable bonds is 7. The van der Waals surface area contributed by atoms with Gasteiger partial charge in [-0.25, -0.2) is 0 Å². The highest BCUT2D eigenvalue weighted by molar-refractivity contribution is 6.48. The molecule has 3 heterocycles. The molecule has 39 heavy (non-hydrogen) atoms. The number of benzene rings is 1. The molecule has 8 heteroatoms. The molecule has 2 aliphatic heterocycles. The van der Waals surface area contributed by atoms with Gasteiger partial charge >= 0.3 is 7.12 Å². The summed E-state index contributed by atoms with van der Waals surface area (Å²) in [4.78, 5) is 24.8. The van der Waals surface area contributed by atoms with Gasteiger partial charge in [0.1, 0.15) is 5.71 Å². The fourth-order valence-electron chi connectivity index (χ4n) is 7.73. The molecule has 2 aromatic rings. The zero-order chi connectivity index (χ0) is 27.7. The van der Waals surface area contributed by atoms with Crippen LogP contribution in [0.15, 0.2) is 41.7 Å². The number of hydrogen-bond acceptors (Lipinski definition) is 6. The minimum absolute atomic E-state index is 0.0694. The van der Waals surface area contributed by atoms with Crippen LogP contribution in [0.3, 0.4) is 0 Å². The summed E-state index contributed by atoms with van der Waals surface area (Å²) in [6.45, 7) is 15.3. The van der Waals surface area contributed by atoms with Gasteiger partial charge in [0.15, 0.2) is 0 Å². The molecule has 3 aliphatic carbocycles. The highest BCUT2D eigenvalue weighted by atomic mass is 16.7. The van der Waals surface area contributed by atoms with Gasteiger partial charge in [-0.15, -0.1) is 0 Å². The average molecular weight is 532 g/mol. The van der Waals surface area contributed by atoms with Gasteiger partial charge in [0, 0.05) is 23.9 Å². The van der Waals surface area contributed by atoms with E-state index in [2.05, 4.69) is 56.1 Å². The number of carbonyl (C=O) groups excluding carboxylic acids is 1. The Labute approximate surface area is 232 Å². The number of pyridine rings is 1. The van der Waals surface area contributed by atoms with Crippen LogP contribution in [0.1, 0.15) is 79.8 Å². The molecule has 1 N–H and O–H groups in total. The van der Waals surface area contributed by atoms with Crippen molar-refractivity contribution >= 4 is 29.5 Å². The Kier molecular flexibility index (Phi) is 6.38. The Balaban J connectivity index is 1.23. The summed E-state index contributed by atoms with van der Waals surface area (Å²) >= 11 is 0. The molecule has 5 aliphatic rings. The van der Waals surface area contributed by atoms with Crippen LogP contribution in [0.5, 0.6) is 0 Å². The number of fused-ring (bicyclic) bond motifs is 1. The van der Waals surface area contributed by atoms with Gasteiger partial charge in [0.2, 0.25) is 5.60 Å². The summed E-state index contributed by atoms with van der Waals surface area (Å²) in [5.41, 5.74) is 0.289. The van der Waals surface area contributed by atoms with Gasteiger partial charge < -0.3 is 19.5 Å². The van der Waals surface area contributed by atoms with Crippen LogP contribution in [-0.2, 0) is 18.9 Å². The number of carbonyl (C=O) groups is 1. The van der Waals surface area contributed by atoms with Gasteiger partial charge in [-0.1, -0.05) is 71.0 Å². The van der Waals surface area contributed by atoms with E-state index in [4.69, 9.17) is 14.1 Å². The van der Waals surface area contributed by atoms with E-state index in [1.165, 1.54) is 6.42 Å². The van der Waals surface area contributed by atoms with Crippen LogP contribution in [0.2, 0.25) is 0 Å². The topological polar surface area (TPSA) is 82.0 Å². The smallest absolute Gasteiger partial charge is 0.404 e. The Morgan fingerprint density at radius 2 is 1.90 bits per heavy atom. The third kappa shape index (κ3) is 4.12. The minimum atomic E-state index is -1.12. The summed E-state index contributed by atoms with van der Waals surface area (Å²) in [5.74, 6) is 0.952. The molecule has 1 unspecified atom stereocenters. The predicted octanol–water partition coefficient (Wildman–Crippen LogP) is 5.55. The standard InChI is InChI=1S/C31H42BN3O4/c1-18(2)14-26(32-37-25-16-21-15-24(29(21,5)6)30(25,7)38-32)34-28(36)31(19(3)4)17-23(35-39-31)27-22-11-9-8-10-20(22)12-13-33-27/h8-13,18-19,21,24-26H,14-17H2,1-7H3,(H,34,36)/t21-,24-,25+,26-,30-,31?/m0/s1. The molecule has 6 atom stereocenters. The second-order valence-electron chi connectivity index (χ2n) is 13.8. The molecule has 1 amide bonds. The number of oxime groups is 1. The molecule has 1 aromatic carbocycles. The lowest BCUT2D eigenvalue weighted by Gasteiger charge is -2.64. The monoisotopic (exact) mass is 531 g/mol. The van der Waals surface area contributed by atoms with Crippen molar-refractivity contribution in [3.05, 3.63) is 42.2 Å². The number of aromatic nitrogens is 1. The SMILES string of the molecule is CC(C)C[C@H](NC(=O)C1(C(C)C)CC(c2nccc3ccccc23)=NO1)B1O[C@@H]2C[C@@H]3C[C@@H](C3(C)C)[C@]2(C)O1. The summed E-state index contributed by atoms with van der Waals surface area (Å²) in [5, 5.41) is 9.87. The van der Waals surface area contributed by atoms with Crippen molar-refractivity contribution in [2.24, 2.45) is 34.2 Å². The fourth-order valence-corrected chi connectivity index (χ4v) is 7.73. The van der Waals surface area contributed by atoms with Crippen LogP contribution < -0.4 is 5.32 Å². The van der Waals surface area contributed by atoms with Crippen molar-refractivity contribution < 1.29 is 18.9 Å².